The molecule has 4 nitrogen and oxygen atoms in total. The molecule has 100 valence electrons. The number of halogens is 2. The molecule has 1 unspecified atom stereocenters. The van der Waals surface area contributed by atoms with Crippen LogP contribution in [0.5, 0.6) is 0 Å². The molecule has 1 heterocycles. The standard InChI is InChI=1S/C13H13BrFN3O/c1-7-3-4-9(5-10(7)15)8(2)17-11-6-16-18-13(19)12(11)14/h3-6,8H,1-2H3,(H2,17,18,19). The van der Waals surface area contributed by atoms with Gasteiger partial charge in [0.15, 0.2) is 0 Å². The number of benzene rings is 1. The molecule has 19 heavy (non-hydrogen) atoms. The summed E-state index contributed by atoms with van der Waals surface area (Å²) < 4.78 is 13.9. The van der Waals surface area contributed by atoms with E-state index in [1.165, 1.54) is 12.3 Å². The van der Waals surface area contributed by atoms with E-state index in [1.807, 2.05) is 13.0 Å². The minimum absolute atomic E-state index is 0.144. The molecule has 2 N–H and O–H groups in total. The van der Waals surface area contributed by atoms with Crippen molar-refractivity contribution in [3.8, 4) is 0 Å². The number of nitrogens with one attached hydrogen (secondary N) is 2. The van der Waals surface area contributed by atoms with Crippen LogP contribution in [0.4, 0.5) is 10.1 Å². The molecule has 0 amide bonds. The fraction of sp³-hybridized carbons (Fsp3) is 0.231. The number of aromatic nitrogens is 2. The van der Waals surface area contributed by atoms with Crippen LogP contribution in [-0.4, -0.2) is 10.2 Å². The second kappa shape index (κ2) is 5.52. The number of hydrogen-bond donors (Lipinski definition) is 2. The molecular weight excluding hydrogens is 313 g/mol. The molecule has 0 aliphatic heterocycles. The van der Waals surface area contributed by atoms with E-state index in [0.29, 0.717) is 15.7 Å². The van der Waals surface area contributed by atoms with Crippen molar-refractivity contribution in [3.05, 3.63) is 56.2 Å². The molecule has 0 fully saturated rings. The molecule has 0 aliphatic carbocycles. The SMILES string of the molecule is Cc1ccc(C(C)Nc2cn[nH]c(=O)c2Br)cc1F. The molecule has 0 radical (unpaired) electrons. The maximum absolute atomic E-state index is 13.5. The lowest BCUT2D eigenvalue weighted by atomic mass is 10.1. The first-order valence-corrected chi connectivity index (χ1v) is 6.54. The van der Waals surface area contributed by atoms with Crippen molar-refractivity contribution < 1.29 is 4.39 Å². The fourth-order valence-electron chi connectivity index (χ4n) is 1.68. The van der Waals surface area contributed by atoms with Crippen molar-refractivity contribution in [1.29, 1.82) is 0 Å². The molecule has 2 rings (SSSR count). The van der Waals surface area contributed by atoms with Crippen LogP contribution in [-0.2, 0) is 0 Å². The van der Waals surface area contributed by atoms with Gasteiger partial charge < -0.3 is 5.32 Å². The van der Waals surface area contributed by atoms with Gasteiger partial charge >= 0.3 is 0 Å². The Kier molecular flexibility index (Phi) is 3.99. The van der Waals surface area contributed by atoms with Crippen molar-refractivity contribution in [2.45, 2.75) is 19.9 Å². The van der Waals surface area contributed by atoms with Crippen LogP contribution in [0, 0.1) is 12.7 Å². The van der Waals surface area contributed by atoms with E-state index in [4.69, 9.17) is 0 Å². The lowest BCUT2D eigenvalue weighted by Crippen LogP contribution is -2.14. The van der Waals surface area contributed by atoms with Crippen LogP contribution in [0.2, 0.25) is 0 Å². The number of aryl methyl sites for hydroxylation is 1. The first-order valence-electron chi connectivity index (χ1n) is 5.75. The molecule has 0 bridgehead atoms. The highest BCUT2D eigenvalue weighted by Crippen LogP contribution is 2.23. The van der Waals surface area contributed by atoms with Gasteiger partial charge in [0.05, 0.1) is 11.9 Å². The first-order chi connectivity index (χ1) is 8.99. The smallest absolute Gasteiger partial charge is 0.280 e. The number of hydrogen-bond acceptors (Lipinski definition) is 3. The first kappa shape index (κ1) is 13.7. The van der Waals surface area contributed by atoms with Crippen molar-refractivity contribution in [3.63, 3.8) is 0 Å². The van der Waals surface area contributed by atoms with Crippen molar-refractivity contribution in [2.24, 2.45) is 0 Å². The highest BCUT2D eigenvalue weighted by atomic mass is 79.9. The highest BCUT2D eigenvalue weighted by molar-refractivity contribution is 9.10. The third kappa shape index (κ3) is 3.01. The minimum atomic E-state index is -0.313. The molecular formula is C13H13BrFN3O. The van der Waals surface area contributed by atoms with Gasteiger partial charge in [0.25, 0.3) is 5.56 Å². The number of aromatic amines is 1. The van der Waals surface area contributed by atoms with E-state index in [9.17, 15) is 9.18 Å². The van der Waals surface area contributed by atoms with E-state index in [1.54, 1.807) is 13.0 Å². The molecule has 0 aliphatic rings. The van der Waals surface area contributed by atoms with E-state index in [-0.39, 0.29) is 17.4 Å². The van der Waals surface area contributed by atoms with E-state index >= 15 is 0 Å². The number of H-pyrrole nitrogens is 1. The van der Waals surface area contributed by atoms with Gasteiger partial charge in [-0.1, -0.05) is 12.1 Å². The number of anilines is 1. The normalized spacial score (nSPS) is 12.2. The third-order valence-corrected chi connectivity index (χ3v) is 3.65. The summed E-state index contributed by atoms with van der Waals surface area (Å²) >= 11 is 3.19. The quantitative estimate of drug-likeness (QED) is 0.911. The van der Waals surface area contributed by atoms with Gasteiger partial charge in [-0.3, -0.25) is 4.79 Å². The molecule has 0 saturated carbocycles. The Hall–Kier alpha value is -1.69. The maximum atomic E-state index is 13.5. The lowest BCUT2D eigenvalue weighted by Gasteiger charge is -2.16. The predicted molar refractivity (Wildman–Crippen MR) is 75.7 cm³/mol. The minimum Gasteiger partial charge on any atom is -0.376 e. The highest BCUT2D eigenvalue weighted by Gasteiger charge is 2.11. The van der Waals surface area contributed by atoms with Crippen LogP contribution in [0.25, 0.3) is 0 Å². The van der Waals surface area contributed by atoms with Gasteiger partial charge in [-0.2, -0.15) is 5.10 Å². The largest absolute Gasteiger partial charge is 0.376 e. The maximum Gasteiger partial charge on any atom is 0.280 e. The Morgan fingerprint density at radius 1 is 1.47 bits per heavy atom. The van der Waals surface area contributed by atoms with Gasteiger partial charge in [-0.25, -0.2) is 9.49 Å². The summed E-state index contributed by atoms with van der Waals surface area (Å²) in [6.45, 7) is 3.60. The third-order valence-electron chi connectivity index (χ3n) is 2.86. The Labute approximate surface area is 118 Å². The summed E-state index contributed by atoms with van der Waals surface area (Å²) in [5.41, 5.74) is 1.66. The summed E-state index contributed by atoms with van der Waals surface area (Å²) in [6, 6.07) is 4.93. The predicted octanol–water partition coefficient (Wildman–Crippen LogP) is 3.15. The van der Waals surface area contributed by atoms with Crippen LogP contribution < -0.4 is 10.9 Å². The van der Waals surface area contributed by atoms with E-state index < -0.39 is 0 Å². The van der Waals surface area contributed by atoms with E-state index in [0.717, 1.165) is 5.56 Å². The lowest BCUT2D eigenvalue weighted by molar-refractivity contribution is 0.614. The number of rotatable bonds is 3. The molecule has 1 aromatic heterocycles. The zero-order valence-electron chi connectivity index (χ0n) is 10.5. The summed E-state index contributed by atoms with van der Waals surface area (Å²) in [5, 5.41) is 9.15. The van der Waals surface area contributed by atoms with Gasteiger partial charge in [-0.15, -0.1) is 0 Å². The summed E-state index contributed by atoms with van der Waals surface area (Å²) in [6.07, 6.45) is 1.51. The molecule has 1 aromatic carbocycles. The molecule has 2 aromatic rings. The number of nitrogens with zero attached hydrogens (tertiary/aromatic N) is 1. The second-order valence-electron chi connectivity index (χ2n) is 4.30. The van der Waals surface area contributed by atoms with Crippen LogP contribution in [0.3, 0.4) is 0 Å². The average molecular weight is 326 g/mol. The molecule has 6 heteroatoms. The molecule has 0 saturated heterocycles. The molecule has 1 atom stereocenters. The van der Waals surface area contributed by atoms with Crippen LogP contribution in [0.1, 0.15) is 24.1 Å². The van der Waals surface area contributed by atoms with Crippen LogP contribution in [0.15, 0.2) is 33.7 Å². The van der Waals surface area contributed by atoms with Crippen molar-refractivity contribution in [1.82, 2.24) is 10.2 Å². The second-order valence-corrected chi connectivity index (χ2v) is 5.09. The summed E-state index contributed by atoms with van der Waals surface area (Å²) in [5.74, 6) is -0.241. The monoisotopic (exact) mass is 325 g/mol. The van der Waals surface area contributed by atoms with E-state index in [2.05, 4.69) is 31.4 Å². The average Bonchev–Trinajstić information content (AvgIpc) is 2.38. The topological polar surface area (TPSA) is 57.8 Å². The molecule has 0 spiro atoms. The zero-order chi connectivity index (χ0) is 14.0. The van der Waals surface area contributed by atoms with Crippen molar-refractivity contribution in [2.75, 3.05) is 5.32 Å². The Morgan fingerprint density at radius 3 is 2.89 bits per heavy atom. The van der Waals surface area contributed by atoms with Gasteiger partial charge in [0.1, 0.15) is 10.3 Å². The van der Waals surface area contributed by atoms with Gasteiger partial charge in [-0.05, 0) is 47.0 Å². The van der Waals surface area contributed by atoms with Crippen molar-refractivity contribution >= 4 is 21.6 Å². The van der Waals surface area contributed by atoms with Gasteiger partial charge in [0.2, 0.25) is 0 Å². The summed E-state index contributed by atoms with van der Waals surface area (Å²) in [7, 11) is 0. The summed E-state index contributed by atoms with van der Waals surface area (Å²) in [4.78, 5) is 11.4. The van der Waals surface area contributed by atoms with Gasteiger partial charge in [0, 0.05) is 6.04 Å². The van der Waals surface area contributed by atoms with Crippen LogP contribution >= 0.6 is 15.9 Å². The Bertz CT molecular complexity index is 657. The Morgan fingerprint density at radius 2 is 2.21 bits per heavy atom. The zero-order valence-corrected chi connectivity index (χ0v) is 12.1. The fourth-order valence-corrected chi connectivity index (χ4v) is 1.98. The Balaban J connectivity index is 2.25.